The minimum Gasteiger partial charge on any atom is -0.497 e. The van der Waals surface area contributed by atoms with E-state index in [4.69, 9.17) is 9.47 Å². The van der Waals surface area contributed by atoms with Crippen LogP contribution in [0.4, 0.5) is 5.69 Å². The number of hydrogen-bond donors (Lipinski definition) is 0. The molecule has 9 heteroatoms. The van der Waals surface area contributed by atoms with Crippen molar-refractivity contribution in [1.29, 1.82) is 0 Å². The van der Waals surface area contributed by atoms with Crippen LogP contribution in [0.15, 0.2) is 23.2 Å². The Hall–Kier alpha value is -1.74. The molecule has 7 nitrogen and oxygen atoms in total. The van der Waals surface area contributed by atoms with Crippen LogP contribution in [0.1, 0.15) is 20.3 Å². The number of amides is 1. The van der Waals surface area contributed by atoms with E-state index in [0.29, 0.717) is 28.8 Å². The molecule has 0 saturated carbocycles. The maximum absolute atomic E-state index is 12.4. The summed E-state index contributed by atoms with van der Waals surface area (Å²) in [6.45, 7) is 3.78. The lowest BCUT2D eigenvalue weighted by molar-refractivity contribution is -0.121. The number of rotatable bonds is 5. The van der Waals surface area contributed by atoms with Gasteiger partial charge in [-0.15, -0.1) is 0 Å². The van der Waals surface area contributed by atoms with Crippen LogP contribution in [0.25, 0.3) is 0 Å². The summed E-state index contributed by atoms with van der Waals surface area (Å²) in [6, 6.07) is 5.04. The zero-order chi connectivity index (χ0) is 19.8. The van der Waals surface area contributed by atoms with Gasteiger partial charge in [0.1, 0.15) is 11.5 Å². The fourth-order valence-electron chi connectivity index (χ4n) is 3.21. The van der Waals surface area contributed by atoms with Crippen molar-refractivity contribution in [3.8, 4) is 11.5 Å². The molecule has 0 bridgehead atoms. The van der Waals surface area contributed by atoms with Crippen molar-refractivity contribution in [3.05, 3.63) is 18.2 Å². The van der Waals surface area contributed by atoms with Crippen molar-refractivity contribution < 1.29 is 22.7 Å². The predicted molar refractivity (Wildman–Crippen MR) is 108 cm³/mol. The number of hydrogen-bond acceptors (Lipinski definition) is 6. The molecule has 2 fully saturated rings. The molecule has 1 aromatic carbocycles. The van der Waals surface area contributed by atoms with Gasteiger partial charge in [0.2, 0.25) is 0 Å². The van der Waals surface area contributed by atoms with E-state index in [-0.39, 0.29) is 34.6 Å². The highest BCUT2D eigenvalue weighted by molar-refractivity contribution is 8.16. The van der Waals surface area contributed by atoms with Gasteiger partial charge in [0.05, 0.1) is 37.5 Å². The van der Waals surface area contributed by atoms with Gasteiger partial charge in [-0.25, -0.2) is 8.42 Å². The van der Waals surface area contributed by atoms with Gasteiger partial charge >= 0.3 is 0 Å². The third-order valence-corrected chi connectivity index (χ3v) is 8.16. The Bertz CT molecular complexity index is 869. The second kappa shape index (κ2) is 7.71. The third-order valence-electron chi connectivity index (χ3n) is 4.95. The number of sulfone groups is 1. The van der Waals surface area contributed by atoms with E-state index in [2.05, 4.69) is 4.99 Å². The van der Waals surface area contributed by atoms with Gasteiger partial charge in [0, 0.05) is 17.2 Å². The van der Waals surface area contributed by atoms with Crippen molar-refractivity contribution in [1.82, 2.24) is 0 Å². The zero-order valence-electron chi connectivity index (χ0n) is 15.8. The Morgan fingerprint density at radius 1 is 1.33 bits per heavy atom. The molecule has 0 unspecified atom stereocenters. The molecular formula is C18H24N2O5S2. The molecule has 2 aliphatic rings. The van der Waals surface area contributed by atoms with Gasteiger partial charge in [-0.3, -0.25) is 4.79 Å². The summed E-state index contributed by atoms with van der Waals surface area (Å²) in [7, 11) is -0.0109. The van der Waals surface area contributed by atoms with Crippen molar-refractivity contribution >= 4 is 38.4 Å². The molecule has 1 amide bonds. The normalized spacial score (nSPS) is 26.1. The maximum Gasteiger partial charge on any atom is 0.250 e. The number of thioether (sulfide) groups is 1. The lowest BCUT2D eigenvalue weighted by Crippen LogP contribution is -2.38. The Kier molecular flexibility index (Phi) is 5.71. The smallest absolute Gasteiger partial charge is 0.250 e. The lowest BCUT2D eigenvalue weighted by Gasteiger charge is -2.26. The molecule has 3 atom stereocenters. The summed E-state index contributed by atoms with van der Waals surface area (Å²) < 4.78 is 35.2. The minimum atomic E-state index is -3.13. The summed E-state index contributed by atoms with van der Waals surface area (Å²) in [5.74, 6) is 0.923. The van der Waals surface area contributed by atoms with Crippen molar-refractivity contribution in [2.45, 2.75) is 31.6 Å². The minimum absolute atomic E-state index is 0.0293. The number of carbonyl (C=O) groups is 1. The molecule has 1 aromatic rings. The second-order valence-corrected chi connectivity index (χ2v) is 10.1. The highest BCUT2D eigenvalue weighted by Crippen LogP contribution is 2.45. The van der Waals surface area contributed by atoms with Crippen LogP contribution < -0.4 is 14.4 Å². The summed E-state index contributed by atoms with van der Waals surface area (Å²) in [4.78, 5) is 18.6. The fraction of sp³-hybridized carbons (Fsp3) is 0.556. The maximum atomic E-state index is 12.4. The van der Waals surface area contributed by atoms with Gasteiger partial charge < -0.3 is 14.4 Å². The van der Waals surface area contributed by atoms with Crippen LogP contribution in [0.2, 0.25) is 0 Å². The van der Waals surface area contributed by atoms with E-state index in [1.807, 2.05) is 18.7 Å². The molecule has 2 heterocycles. The van der Waals surface area contributed by atoms with Crippen molar-refractivity contribution in [2.24, 2.45) is 10.9 Å². The Balaban J connectivity index is 2.09. The van der Waals surface area contributed by atoms with Crippen LogP contribution in [0.3, 0.4) is 0 Å². The van der Waals surface area contributed by atoms with Crippen LogP contribution in [-0.2, 0) is 14.6 Å². The molecule has 2 aliphatic heterocycles. The Labute approximate surface area is 164 Å². The molecule has 0 aromatic heterocycles. The standard InChI is InChI=1S/C18H24N2O5S2/c1-5-11(2)17(21)19-18-20(14-9-27(22,23)10-16(14)26-18)13-8-12(24-3)6-7-15(13)25-4/h6-8,11,14,16H,5,9-10H2,1-4H3/t11-,14+,16+/m1/s1. The average molecular weight is 413 g/mol. The molecule has 0 spiro atoms. The number of anilines is 1. The summed E-state index contributed by atoms with van der Waals surface area (Å²) in [5.41, 5.74) is 0.657. The average Bonchev–Trinajstić information content (AvgIpc) is 3.10. The highest BCUT2D eigenvalue weighted by atomic mass is 32.2. The van der Waals surface area contributed by atoms with Gasteiger partial charge in [0.25, 0.3) is 5.91 Å². The molecule has 0 radical (unpaired) electrons. The monoisotopic (exact) mass is 412 g/mol. The first-order valence-corrected chi connectivity index (χ1v) is 11.5. The number of aliphatic imine (C=N–C) groups is 1. The summed E-state index contributed by atoms with van der Waals surface area (Å²) in [5, 5.41) is 0.367. The summed E-state index contributed by atoms with van der Waals surface area (Å²) in [6.07, 6.45) is 0.698. The van der Waals surface area contributed by atoms with Crippen LogP contribution >= 0.6 is 11.8 Å². The van der Waals surface area contributed by atoms with Gasteiger partial charge in [0.15, 0.2) is 15.0 Å². The van der Waals surface area contributed by atoms with Crippen LogP contribution in [0.5, 0.6) is 11.5 Å². The molecule has 148 valence electrons. The molecule has 3 rings (SSSR count). The number of fused-ring (bicyclic) bond motifs is 1. The molecule has 0 N–H and O–H groups in total. The van der Waals surface area contributed by atoms with Crippen LogP contribution in [-0.4, -0.2) is 56.5 Å². The van der Waals surface area contributed by atoms with E-state index >= 15 is 0 Å². The van der Waals surface area contributed by atoms with E-state index in [9.17, 15) is 13.2 Å². The first-order chi connectivity index (χ1) is 12.8. The lowest BCUT2D eigenvalue weighted by atomic mass is 10.1. The number of ether oxygens (including phenoxy) is 2. The van der Waals surface area contributed by atoms with E-state index in [1.54, 1.807) is 32.4 Å². The van der Waals surface area contributed by atoms with Gasteiger partial charge in [-0.1, -0.05) is 25.6 Å². The zero-order valence-corrected chi connectivity index (χ0v) is 17.5. The molecule has 0 aliphatic carbocycles. The predicted octanol–water partition coefficient (Wildman–Crippen LogP) is 2.35. The molecule has 2 saturated heterocycles. The fourth-order valence-corrected chi connectivity index (χ4v) is 7.12. The van der Waals surface area contributed by atoms with Crippen molar-refractivity contribution in [3.63, 3.8) is 0 Å². The first-order valence-electron chi connectivity index (χ1n) is 8.80. The summed E-state index contributed by atoms with van der Waals surface area (Å²) >= 11 is 1.35. The SMILES string of the molecule is CC[C@@H](C)C(=O)N=C1S[C@H]2CS(=O)(=O)C[C@@H]2N1c1cc(OC)ccc1OC. The molecule has 27 heavy (non-hydrogen) atoms. The topological polar surface area (TPSA) is 85.3 Å². The Morgan fingerprint density at radius 3 is 2.70 bits per heavy atom. The number of nitrogens with zero attached hydrogens (tertiary/aromatic N) is 2. The van der Waals surface area contributed by atoms with Crippen molar-refractivity contribution in [2.75, 3.05) is 30.6 Å². The van der Waals surface area contributed by atoms with Gasteiger partial charge in [-0.05, 0) is 18.6 Å². The second-order valence-electron chi connectivity index (χ2n) is 6.75. The number of benzene rings is 1. The third kappa shape index (κ3) is 3.94. The Morgan fingerprint density at radius 2 is 2.07 bits per heavy atom. The van der Waals surface area contributed by atoms with E-state index in [0.717, 1.165) is 0 Å². The quantitative estimate of drug-likeness (QED) is 0.734. The number of methoxy groups -OCH3 is 2. The molecular weight excluding hydrogens is 388 g/mol. The van der Waals surface area contributed by atoms with E-state index < -0.39 is 9.84 Å². The van der Waals surface area contributed by atoms with Gasteiger partial charge in [-0.2, -0.15) is 4.99 Å². The largest absolute Gasteiger partial charge is 0.497 e. The first kappa shape index (κ1) is 20.0. The van der Waals surface area contributed by atoms with Crippen LogP contribution in [0, 0.1) is 5.92 Å². The highest BCUT2D eigenvalue weighted by Gasteiger charge is 2.50. The number of carbonyl (C=O) groups excluding carboxylic acids is 1. The number of amidine groups is 1. The van der Waals surface area contributed by atoms with E-state index in [1.165, 1.54) is 11.8 Å².